The van der Waals surface area contributed by atoms with Crippen molar-refractivity contribution in [3.63, 3.8) is 0 Å². The lowest BCUT2D eigenvalue weighted by Gasteiger charge is -2.32. The molecule has 6 nitrogen and oxygen atoms in total. The molecule has 0 aromatic carbocycles. The first-order valence-electron chi connectivity index (χ1n) is 3.88. The maximum Gasteiger partial charge on any atom is 0.291 e. The van der Waals surface area contributed by atoms with Crippen LogP contribution < -0.4 is 0 Å². The van der Waals surface area contributed by atoms with Crippen molar-refractivity contribution in [2.24, 2.45) is 0 Å². The molecule has 12 heteroatoms. The molecule has 0 fully saturated rings. The molecule has 0 radical (unpaired) electrons. The van der Waals surface area contributed by atoms with Crippen LogP contribution in [0.3, 0.4) is 0 Å². The van der Waals surface area contributed by atoms with Gasteiger partial charge >= 0.3 is 0 Å². The van der Waals surface area contributed by atoms with Gasteiger partial charge in [-0.3, -0.25) is 9.11 Å². The molecule has 0 saturated heterocycles. The van der Waals surface area contributed by atoms with Crippen LogP contribution in [0.2, 0.25) is 0 Å². The lowest BCUT2D eigenvalue weighted by atomic mass is 10.1. The second kappa shape index (κ2) is 4.78. The first-order chi connectivity index (χ1) is 7.83. The van der Waals surface area contributed by atoms with Crippen molar-refractivity contribution in [3.05, 3.63) is 21.2 Å². The first-order valence-corrected chi connectivity index (χ1v) is 8.34. The van der Waals surface area contributed by atoms with Crippen LogP contribution in [0.15, 0.2) is 21.2 Å². The summed E-state index contributed by atoms with van der Waals surface area (Å²) < 4.78 is 59.8. The molecule has 2 atom stereocenters. The van der Waals surface area contributed by atoms with E-state index in [1.165, 1.54) is 0 Å². The Kier molecular flexibility index (Phi) is 4.39. The first kappa shape index (κ1) is 16.5. The smallest absolute Gasteiger partial charge is 0.285 e. The molecule has 2 unspecified atom stereocenters. The molecule has 0 aliphatic heterocycles. The third-order valence-electron chi connectivity index (χ3n) is 2.05. The molecule has 0 saturated carbocycles. The normalized spacial score (nSPS) is 30.3. The summed E-state index contributed by atoms with van der Waals surface area (Å²) in [4.78, 5) is 0. The van der Waals surface area contributed by atoms with Gasteiger partial charge in [0.05, 0.1) is 15.1 Å². The van der Waals surface area contributed by atoms with Crippen molar-refractivity contribution in [2.45, 2.75) is 9.46 Å². The minimum Gasteiger partial charge on any atom is -0.285 e. The highest BCUT2D eigenvalue weighted by Crippen LogP contribution is 2.48. The maximum atomic E-state index is 11.2. The van der Waals surface area contributed by atoms with E-state index in [1.807, 2.05) is 0 Å². The van der Waals surface area contributed by atoms with E-state index in [9.17, 15) is 16.8 Å². The van der Waals surface area contributed by atoms with Crippen LogP contribution in [0, 0.1) is 0 Å². The summed E-state index contributed by atoms with van der Waals surface area (Å²) in [6.45, 7) is 0. The number of hydrogen-bond acceptors (Lipinski definition) is 4. The number of halogens is 4. The fourth-order valence-corrected chi connectivity index (χ4v) is 5.69. The molecule has 0 aromatic rings. The lowest BCUT2D eigenvalue weighted by molar-refractivity contribution is 0.447. The van der Waals surface area contributed by atoms with Crippen LogP contribution in [-0.4, -0.2) is 35.4 Å². The van der Waals surface area contributed by atoms with Gasteiger partial charge in [-0.1, -0.05) is 46.4 Å². The van der Waals surface area contributed by atoms with Crippen molar-refractivity contribution < 1.29 is 25.9 Å². The quantitative estimate of drug-likeness (QED) is 0.561. The highest BCUT2D eigenvalue weighted by molar-refractivity contribution is 7.92. The minimum atomic E-state index is -5.21. The summed E-state index contributed by atoms with van der Waals surface area (Å²) in [5.74, 6) is 0. The summed E-state index contributed by atoms with van der Waals surface area (Å²) in [6, 6.07) is 0. The van der Waals surface area contributed by atoms with Gasteiger partial charge in [-0.2, -0.15) is 16.8 Å². The number of hydrogen-bond donors (Lipinski definition) is 2. The molecule has 0 heterocycles. The summed E-state index contributed by atoms with van der Waals surface area (Å²) in [5.41, 5.74) is 0. The Bertz CT molecular complexity index is 648. The van der Waals surface area contributed by atoms with E-state index in [-0.39, 0.29) is 0 Å². The highest BCUT2D eigenvalue weighted by atomic mass is 35.5. The van der Waals surface area contributed by atoms with Gasteiger partial charge in [0.2, 0.25) is 4.21 Å². The highest BCUT2D eigenvalue weighted by Gasteiger charge is 2.60. The van der Waals surface area contributed by atoms with E-state index in [4.69, 9.17) is 55.5 Å². The van der Waals surface area contributed by atoms with Crippen LogP contribution in [0.4, 0.5) is 0 Å². The Morgan fingerprint density at radius 1 is 1.11 bits per heavy atom. The molecule has 2 N–H and O–H groups in total. The van der Waals surface area contributed by atoms with Crippen LogP contribution >= 0.6 is 46.4 Å². The molecule has 104 valence electrons. The Morgan fingerprint density at radius 2 is 1.56 bits per heavy atom. The molecule has 0 amide bonds. The van der Waals surface area contributed by atoms with Gasteiger partial charge in [-0.05, 0) is 6.08 Å². The summed E-state index contributed by atoms with van der Waals surface area (Å²) in [7, 11) is -10.3. The predicted octanol–water partition coefficient (Wildman–Crippen LogP) is 1.89. The van der Waals surface area contributed by atoms with Gasteiger partial charge in [0.25, 0.3) is 20.2 Å². The summed E-state index contributed by atoms with van der Waals surface area (Å²) in [6.07, 6.45) is 0.758. The fourth-order valence-electron chi connectivity index (χ4n) is 1.27. The monoisotopic (exact) mass is 376 g/mol. The van der Waals surface area contributed by atoms with E-state index in [0.29, 0.717) is 0 Å². The van der Waals surface area contributed by atoms with Gasteiger partial charge in [-0.15, -0.1) is 0 Å². The molecule has 1 aliphatic carbocycles. The van der Waals surface area contributed by atoms with Crippen LogP contribution in [-0.2, 0) is 20.2 Å². The van der Waals surface area contributed by atoms with Crippen LogP contribution in [0.25, 0.3) is 0 Å². The second-order valence-electron chi connectivity index (χ2n) is 3.20. The zero-order valence-electron chi connectivity index (χ0n) is 8.01. The predicted molar refractivity (Wildman–Crippen MR) is 68.1 cm³/mol. The Hall–Kier alpha value is 0.460. The van der Waals surface area contributed by atoms with Gasteiger partial charge in [-0.25, -0.2) is 0 Å². The Balaban J connectivity index is 3.77. The number of allylic oxidation sites excluding steroid dienone is 2. The average molecular weight is 378 g/mol. The lowest BCUT2D eigenvalue weighted by Crippen LogP contribution is -2.50. The summed E-state index contributed by atoms with van der Waals surface area (Å²) in [5, 5.41) is -4.46. The van der Waals surface area contributed by atoms with Gasteiger partial charge < -0.3 is 0 Å². The Morgan fingerprint density at radius 3 is 1.89 bits per heavy atom. The molecule has 0 aromatic heterocycles. The van der Waals surface area contributed by atoms with Crippen LogP contribution in [0.1, 0.15) is 0 Å². The zero-order chi connectivity index (χ0) is 14.5. The summed E-state index contributed by atoms with van der Waals surface area (Å²) >= 11 is 22.1. The standard InChI is InChI=1S/C6H4Cl4O6S2/c7-2-1-3(8)6(10,18(14,15)16)5(4(2)9)17(11,12)13/h1,5H,(H,11,12,13)(H,14,15,16). The molecule has 18 heavy (non-hydrogen) atoms. The molecular formula is C6H4Cl4O6S2. The van der Waals surface area contributed by atoms with Crippen molar-refractivity contribution in [1.29, 1.82) is 0 Å². The van der Waals surface area contributed by atoms with Crippen molar-refractivity contribution >= 4 is 66.6 Å². The van der Waals surface area contributed by atoms with E-state index >= 15 is 0 Å². The molecule has 1 rings (SSSR count). The van der Waals surface area contributed by atoms with Gasteiger partial charge in [0, 0.05) is 0 Å². The maximum absolute atomic E-state index is 11.2. The van der Waals surface area contributed by atoms with E-state index in [1.54, 1.807) is 0 Å². The molecule has 0 spiro atoms. The van der Waals surface area contributed by atoms with Gasteiger partial charge in [0.1, 0.15) is 0 Å². The van der Waals surface area contributed by atoms with E-state index in [2.05, 4.69) is 0 Å². The molecule has 0 bridgehead atoms. The van der Waals surface area contributed by atoms with Crippen molar-refractivity contribution in [3.8, 4) is 0 Å². The second-order valence-corrected chi connectivity index (χ2v) is 8.34. The topological polar surface area (TPSA) is 109 Å². The third-order valence-corrected chi connectivity index (χ3v) is 7.30. The average Bonchev–Trinajstić information content (AvgIpc) is 2.11. The SMILES string of the molecule is O=S(=O)(O)C1C(Cl)=C(Cl)C=C(Cl)C1(Cl)S(=O)(=O)O. The fraction of sp³-hybridized carbons (Fsp3) is 0.333. The third kappa shape index (κ3) is 2.53. The molecule has 1 aliphatic rings. The Labute approximate surface area is 123 Å². The molecular weight excluding hydrogens is 374 g/mol. The zero-order valence-corrected chi connectivity index (χ0v) is 12.7. The largest absolute Gasteiger partial charge is 0.291 e. The van der Waals surface area contributed by atoms with Crippen LogP contribution in [0.5, 0.6) is 0 Å². The van der Waals surface area contributed by atoms with E-state index < -0.39 is 44.8 Å². The van der Waals surface area contributed by atoms with E-state index in [0.717, 1.165) is 6.08 Å². The number of alkyl halides is 1. The van der Waals surface area contributed by atoms with Gasteiger partial charge in [0.15, 0.2) is 5.25 Å². The van der Waals surface area contributed by atoms with Crippen molar-refractivity contribution in [2.75, 3.05) is 0 Å². The number of rotatable bonds is 2. The minimum absolute atomic E-state index is 0.427. The van der Waals surface area contributed by atoms with Crippen molar-refractivity contribution in [1.82, 2.24) is 0 Å².